The number of carbonyl (C=O) groups excluding carboxylic acids is 1. The van der Waals surface area contributed by atoms with Gasteiger partial charge in [-0.2, -0.15) is 5.10 Å². The third kappa shape index (κ3) is 5.57. The van der Waals surface area contributed by atoms with Crippen LogP contribution in [0.2, 0.25) is 10.0 Å². The van der Waals surface area contributed by atoms with E-state index in [2.05, 4.69) is 13.0 Å². The van der Waals surface area contributed by atoms with E-state index < -0.39 is 4.92 Å². The Morgan fingerprint density at radius 1 is 1.03 bits per heavy atom. The predicted octanol–water partition coefficient (Wildman–Crippen LogP) is 7.98. The Balaban J connectivity index is 1.52. The zero-order valence-corrected chi connectivity index (χ0v) is 22.1. The second-order valence-corrected chi connectivity index (χ2v) is 10.6. The van der Waals surface area contributed by atoms with Gasteiger partial charge in [0.1, 0.15) is 0 Å². The SMILES string of the molecule is C[C@@H]1C/C(=C\c2ccc(Cl)cc2)C2=NN(C(=O)/C=C/c3cccc([N+](=O)[O-])c3)[C@H](c3ccc(Cl)cc3)[C@@H]2C1. The van der Waals surface area contributed by atoms with Crippen LogP contribution in [0.3, 0.4) is 0 Å². The van der Waals surface area contributed by atoms with Crippen molar-refractivity contribution in [2.45, 2.75) is 25.8 Å². The minimum Gasteiger partial charge on any atom is -0.268 e. The number of allylic oxidation sites excluding steroid dienone is 1. The number of nitrogens with zero attached hydrogens (tertiary/aromatic N) is 3. The molecular formula is C30H25Cl2N3O3. The summed E-state index contributed by atoms with van der Waals surface area (Å²) < 4.78 is 0. The monoisotopic (exact) mass is 545 g/mol. The van der Waals surface area contributed by atoms with Gasteiger partial charge >= 0.3 is 0 Å². The van der Waals surface area contributed by atoms with E-state index in [9.17, 15) is 14.9 Å². The molecule has 3 aromatic rings. The van der Waals surface area contributed by atoms with Crippen LogP contribution < -0.4 is 0 Å². The number of hydrazone groups is 1. The molecule has 1 saturated carbocycles. The fourth-order valence-corrected chi connectivity index (χ4v) is 5.46. The van der Waals surface area contributed by atoms with Crippen molar-refractivity contribution in [1.29, 1.82) is 0 Å². The van der Waals surface area contributed by atoms with Crippen LogP contribution in [-0.4, -0.2) is 21.6 Å². The number of hydrogen-bond donors (Lipinski definition) is 0. The number of nitro groups is 1. The zero-order chi connectivity index (χ0) is 26.8. The van der Waals surface area contributed by atoms with Crippen molar-refractivity contribution in [1.82, 2.24) is 5.01 Å². The maximum absolute atomic E-state index is 13.6. The van der Waals surface area contributed by atoms with Crippen LogP contribution in [0.4, 0.5) is 5.69 Å². The van der Waals surface area contributed by atoms with Crippen molar-refractivity contribution < 1.29 is 9.72 Å². The molecule has 0 saturated heterocycles. The molecular weight excluding hydrogens is 521 g/mol. The average Bonchev–Trinajstić information content (AvgIpc) is 3.29. The van der Waals surface area contributed by atoms with Crippen molar-refractivity contribution in [3.8, 4) is 0 Å². The molecule has 8 heteroatoms. The third-order valence-corrected chi connectivity index (χ3v) is 7.42. The molecule has 38 heavy (non-hydrogen) atoms. The standard InChI is InChI=1S/C30H25Cl2N3O3/c1-19-15-23(17-21-5-10-24(31)11-6-21)29-27(16-19)30(22-8-12-25(32)13-9-22)34(33-29)28(36)14-7-20-3-2-4-26(18-20)35(37)38/h2-14,17-19,27,30H,15-16H2,1H3/b14-7+,23-17+/t19-,27-,30-/m1/s1. The van der Waals surface area contributed by atoms with Gasteiger partial charge in [0.05, 0.1) is 16.7 Å². The van der Waals surface area contributed by atoms with E-state index in [1.165, 1.54) is 18.2 Å². The molecule has 6 nitrogen and oxygen atoms in total. The highest BCUT2D eigenvalue weighted by Gasteiger charge is 2.44. The number of fused-ring (bicyclic) bond motifs is 1. The average molecular weight is 546 g/mol. The van der Waals surface area contributed by atoms with Crippen LogP contribution in [0.1, 0.15) is 42.5 Å². The van der Waals surface area contributed by atoms with Gasteiger partial charge in [-0.1, -0.05) is 66.5 Å². The summed E-state index contributed by atoms with van der Waals surface area (Å²) in [6.07, 6.45) is 6.89. The smallest absolute Gasteiger partial charge is 0.268 e. The van der Waals surface area contributed by atoms with Crippen molar-refractivity contribution in [3.05, 3.63) is 121 Å². The van der Waals surface area contributed by atoms with Crippen LogP contribution in [0.5, 0.6) is 0 Å². The Hall–Kier alpha value is -3.74. The van der Waals surface area contributed by atoms with E-state index in [0.717, 1.165) is 35.3 Å². The molecule has 5 rings (SSSR count). The first-order valence-electron chi connectivity index (χ1n) is 12.3. The molecule has 3 aromatic carbocycles. The lowest BCUT2D eigenvalue weighted by molar-refractivity contribution is -0.384. The van der Waals surface area contributed by atoms with Gasteiger partial charge in [0.25, 0.3) is 11.6 Å². The Morgan fingerprint density at radius 2 is 1.71 bits per heavy atom. The first-order chi connectivity index (χ1) is 18.3. The molecule has 2 aliphatic rings. The molecule has 1 amide bonds. The topological polar surface area (TPSA) is 75.8 Å². The van der Waals surface area contributed by atoms with Crippen molar-refractivity contribution in [2.75, 3.05) is 0 Å². The van der Waals surface area contributed by atoms with Crippen LogP contribution >= 0.6 is 23.2 Å². The summed E-state index contributed by atoms with van der Waals surface area (Å²) in [5, 5.41) is 18.9. The van der Waals surface area contributed by atoms with E-state index >= 15 is 0 Å². The minimum absolute atomic E-state index is 0.0219. The molecule has 0 N–H and O–H groups in total. The molecule has 0 radical (unpaired) electrons. The lowest BCUT2D eigenvalue weighted by Gasteiger charge is -2.32. The fourth-order valence-electron chi connectivity index (χ4n) is 5.21. The van der Waals surface area contributed by atoms with Crippen LogP contribution in [0, 0.1) is 22.0 Å². The number of carbonyl (C=O) groups is 1. The van der Waals surface area contributed by atoms with Crippen molar-refractivity contribution >= 4 is 52.7 Å². The van der Waals surface area contributed by atoms with Gasteiger partial charge in [0, 0.05) is 34.2 Å². The molecule has 0 unspecified atom stereocenters. The zero-order valence-electron chi connectivity index (χ0n) is 20.6. The van der Waals surface area contributed by atoms with Gasteiger partial charge in [0.15, 0.2) is 0 Å². The van der Waals surface area contributed by atoms with Crippen LogP contribution in [0.25, 0.3) is 12.2 Å². The highest BCUT2D eigenvalue weighted by molar-refractivity contribution is 6.30. The Bertz CT molecular complexity index is 1460. The van der Waals surface area contributed by atoms with Gasteiger partial charge in [-0.05, 0) is 77.4 Å². The number of halogens is 2. The molecule has 1 aliphatic carbocycles. The highest BCUT2D eigenvalue weighted by atomic mass is 35.5. The van der Waals surface area contributed by atoms with Gasteiger partial charge < -0.3 is 0 Å². The maximum atomic E-state index is 13.6. The van der Waals surface area contributed by atoms with E-state index in [4.69, 9.17) is 28.3 Å². The molecule has 3 atom stereocenters. The minimum atomic E-state index is -0.456. The van der Waals surface area contributed by atoms with E-state index in [1.54, 1.807) is 23.2 Å². The summed E-state index contributed by atoms with van der Waals surface area (Å²) in [7, 11) is 0. The molecule has 0 spiro atoms. The van der Waals surface area contributed by atoms with Crippen LogP contribution in [-0.2, 0) is 4.79 Å². The van der Waals surface area contributed by atoms with E-state index in [-0.39, 0.29) is 23.6 Å². The summed E-state index contributed by atoms with van der Waals surface area (Å²) in [5.41, 5.74) is 4.53. The lowest BCUT2D eigenvalue weighted by atomic mass is 9.73. The Labute approximate surface area is 231 Å². The molecule has 0 bridgehead atoms. The number of nitro benzene ring substituents is 1. The summed E-state index contributed by atoms with van der Waals surface area (Å²) in [6, 6.07) is 21.1. The van der Waals surface area contributed by atoms with E-state index in [0.29, 0.717) is 21.5 Å². The van der Waals surface area contributed by atoms with E-state index in [1.807, 2.05) is 48.5 Å². The molecule has 192 valence electrons. The number of non-ortho nitro benzene ring substituents is 1. The number of benzene rings is 3. The highest BCUT2D eigenvalue weighted by Crippen LogP contribution is 2.46. The largest absolute Gasteiger partial charge is 0.270 e. The first kappa shape index (κ1) is 25.9. The van der Waals surface area contributed by atoms with Gasteiger partial charge in [-0.3, -0.25) is 14.9 Å². The normalized spacial score (nSPS) is 22.0. The molecule has 1 aliphatic heterocycles. The third-order valence-electron chi connectivity index (χ3n) is 6.91. The molecule has 1 heterocycles. The van der Waals surface area contributed by atoms with Crippen molar-refractivity contribution in [3.63, 3.8) is 0 Å². The molecule has 1 fully saturated rings. The Morgan fingerprint density at radius 3 is 2.39 bits per heavy atom. The van der Waals surface area contributed by atoms with Gasteiger partial charge in [0.2, 0.25) is 0 Å². The summed E-state index contributed by atoms with van der Waals surface area (Å²) in [4.78, 5) is 24.2. The number of hydrogen-bond acceptors (Lipinski definition) is 4. The second kappa shape index (κ2) is 10.9. The first-order valence-corrected chi connectivity index (χ1v) is 13.1. The fraction of sp³-hybridized carbons (Fsp3) is 0.200. The second-order valence-electron chi connectivity index (χ2n) is 9.72. The molecule has 0 aromatic heterocycles. The Kier molecular flexibility index (Phi) is 7.45. The summed E-state index contributed by atoms with van der Waals surface area (Å²) >= 11 is 12.2. The maximum Gasteiger partial charge on any atom is 0.270 e. The van der Waals surface area contributed by atoms with Gasteiger partial charge in [-0.25, -0.2) is 5.01 Å². The number of amides is 1. The quantitative estimate of drug-likeness (QED) is 0.185. The summed E-state index contributed by atoms with van der Waals surface area (Å²) in [5.74, 6) is 0.133. The number of rotatable bonds is 5. The van der Waals surface area contributed by atoms with Crippen LogP contribution in [0.15, 0.2) is 89.5 Å². The summed E-state index contributed by atoms with van der Waals surface area (Å²) in [6.45, 7) is 2.22. The van der Waals surface area contributed by atoms with Gasteiger partial charge in [-0.15, -0.1) is 0 Å². The van der Waals surface area contributed by atoms with Crippen molar-refractivity contribution in [2.24, 2.45) is 16.9 Å². The predicted molar refractivity (Wildman–Crippen MR) is 152 cm³/mol. The lowest BCUT2D eigenvalue weighted by Crippen LogP contribution is -2.32.